The molecule has 0 spiro atoms. The molecule has 0 aliphatic heterocycles. The Bertz CT molecular complexity index is 412. The minimum absolute atomic E-state index is 0.0983. The number of ether oxygens (including phenoxy) is 1. The second-order valence-electron chi connectivity index (χ2n) is 7.01. The Hall–Kier alpha value is -0.860. The molecule has 1 aromatic rings. The first-order valence-corrected chi connectivity index (χ1v) is 7.90. The van der Waals surface area contributed by atoms with Crippen LogP contribution in [-0.4, -0.2) is 12.1 Å². The van der Waals surface area contributed by atoms with Crippen molar-refractivity contribution in [3.8, 4) is 0 Å². The number of rotatable bonds is 5. The number of nitrogens with two attached hydrogens (primary N) is 1. The van der Waals surface area contributed by atoms with Gasteiger partial charge >= 0.3 is 0 Å². The van der Waals surface area contributed by atoms with Crippen molar-refractivity contribution in [2.45, 2.75) is 65.1 Å². The Morgan fingerprint density at radius 1 is 1.00 bits per heavy atom. The van der Waals surface area contributed by atoms with Gasteiger partial charge in [-0.3, -0.25) is 0 Å². The van der Waals surface area contributed by atoms with Crippen LogP contribution in [-0.2, 0) is 17.8 Å². The standard InChI is InChI=1S/C18H29NO/c1-4-15-5-7-16(8-6-15)13-20-18(14-19)11-9-17(2,3)10-12-18/h5-8H,4,9-14,19H2,1-3H3. The quantitative estimate of drug-likeness (QED) is 0.879. The third kappa shape index (κ3) is 3.83. The van der Waals surface area contributed by atoms with E-state index in [4.69, 9.17) is 10.5 Å². The predicted molar refractivity (Wildman–Crippen MR) is 84.6 cm³/mol. The van der Waals surface area contributed by atoms with Gasteiger partial charge in [0.1, 0.15) is 0 Å². The van der Waals surface area contributed by atoms with Crippen molar-refractivity contribution >= 4 is 0 Å². The van der Waals surface area contributed by atoms with E-state index < -0.39 is 0 Å². The first kappa shape index (κ1) is 15.5. The molecule has 1 aromatic carbocycles. The lowest BCUT2D eigenvalue weighted by molar-refractivity contribution is -0.0904. The molecule has 2 rings (SSSR count). The first-order chi connectivity index (χ1) is 9.49. The van der Waals surface area contributed by atoms with Crippen molar-refractivity contribution in [3.63, 3.8) is 0 Å². The van der Waals surface area contributed by atoms with Gasteiger partial charge in [0.05, 0.1) is 12.2 Å². The Kier molecular flexibility index (Phi) is 4.87. The van der Waals surface area contributed by atoms with Crippen LogP contribution in [0.15, 0.2) is 24.3 Å². The molecule has 0 aromatic heterocycles. The molecule has 0 bridgehead atoms. The van der Waals surface area contributed by atoms with Crippen LogP contribution < -0.4 is 5.73 Å². The van der Waals surface area contributed by atoms with E-state index in [1.165, 1.54) is 24.0 Å². The first-order valence-electron chi connectivity index (χ1n) is 7.90. The molecule has 0 atom stereocenters. The highest BCUT2D eigenvalue weighted by Crippen LogP contribution is 2.41. The Balaban J connectivity index is 1.93. The molecule has 1 saturated carbocycles. The average Bonchev–Trinajstić information content (AvgIpc) is 2.47. The minimum atomic E-state index is -0.0983. The fourth-order valence-electron chi connectivity index (χ4n) is 2.90. The normalized spacial score (nSPS) is 20.8. The zero-order valence-corrected chi connectivity index (χ0v) is 13.2. The molecule has 2 nitrogen and oxygen atoms in total. The van der Waals surface area contributed by atoms with Crippen molar-refractivity contribution < 1.29 is 4.74 Å². The van der Waals surface area contributed by atoms with Crippen LogP contribution >= 0.6 is 0 Å². The Morgan fingerprint density at radius 2 is 1.55 bits per heavy atom. The van der Waals surface area contributed by atoms with Gasteiger partial charge in [0.15, 0.2) is 0 Å². The van der Waals surface area contributed by atoms with Gasteiger partial charge in [-0.15, -0.1) is 0 Å². The van der Waals surface area contributed by atoms with Crippen LogP contribution in [0.4, 0.5) is 0 Å². The fraction of sp³-hybridized carbons (Fsp3) is 0.667. The second kappa shape index (κ2) is 6.28. The van der Waals surface area contributed by atoms with Crippen LogP contribution in [0.1, 0.15) is 57.6 Å². The molecule has 0 radical (unpaired) electrons. The summed E-state index contributed by atoms with van der Waals surface area (Å²) < 4.78 is 6.25. The van der Waals surface area contributed by atoms with Gasteiger partial charge in [-0.25, -0.2) is 0 Å². The van der Waals surface area contributed by atoms with Crippen molar-refractivity contribution in [2.75, 3.05) is 6.54 Å². The fourth-order valence-corrected chi connectivity index (χ4v) is 2.90. The predicted octanol–water partition coefficient (Wildman–Crippen LogP) is 4.06. The van der Waals surface area contributed by atoms with Crippen LogP contribution in [0.5, 0.6) is 0 Å². The van der Waals surface area contributed by atoms with E-state index >= 15 is 0 Å². The summed E-state index contributed by atoms with van der Waals surface area (Å²) in [5, 5.41) is 0. The highest BCUT2D eigenvalue weighted by atomic mass is 16.5. The van der Waals surface area contributed by atoms with E-state index in [1.54, 1.807) is 0 Å². The van der Waals surface area contributed by atoms with E-state index in [9.17, 15) is 0 Å². The average molecular weight is 275 g/mol. The Morgan fingerprint density at radius 3 is 2.05 bits per heavy atom. The Labute approximate surface area is 123 Å². The van der Waals surface area contributed by atoms with Crippen molar-refractivity contribution in [1.82, 2.24) is 0 Å². The lowest BCUT2D eigenvalue weighted by Gasteiger charge is -2.42. The van der Waals surface area contributed by atoms with Gasteiger partial charge in [-0.2, -0.15) is 0 Å². The van der Waals surface area contributed by atoms with Gasteiger partial charge in [-0.05, 0) is 48.6 Å². The van der Waals surface area contributed by atoms with E-state index in [1.807, 2.05) is 0 Å². The van der Waals surface area contributed by atoms with Gasteiger partial charge in [-0.1, -0.05) is 45.0 Å². The molecule has 2 N–H and O–H groups in total. The van der Waals surface area contributed by atoms with Crippen molar-refractivity contribution in [2.24, 2.45) is 11.1 Å². The summed E-state index contributed by atoms with van der Waals surface area (Å²) in [4.78, 5) is 0. The van der Waals surface area contributed by atoms with E-state index in [0.717, 1.165) is 19.3 Å². The smallest absolute Gasteiger partial charge is 0.0809 e. The third-order valence-electron chi connectivity index (χ3n) is 4.86. The largest absolute Gasteiger partial charge is 0.369 e. The SMILES string of the molecule is CCc1ccc(COC2(CN)CCC(C)(C)CC2)cc1. The topological polar surface area (TPSA) is 35.2 Å². The monoisotopic (exact) mass is 275 g/mol. The minimum Gasteiger partial charge on any atom is -0.369 e. The summed E-state index contributed by atoms with van der Waals surface area (Å²) in [6.45, 7) is 8.18. The molecule has 0 unspecified atom stereocenters. The van der Waals surface area contributed by atoms with Gasteiger partial charge in [0.2, 0.25) is 0 Å². The molecule has 1 fully saturated rings. The number of hydrogen-bond acceptors (Lipinski definition) is 2. The highest BCUT2D eigenvalue weighted by molar-refractivity contribution is 5.21. The van der Waals surface area contributed by atoms with Crippen molar-refractivity contribution in [3.05, 3.63) is 35.4 Å². The lowest BCUT2D eigenvalue weighted by atomic mass is 9.71. The molecule has 112 valence electrons. The third-order valence-corrected chi connectivity index (χ3v) is 4.86. The summed E-state index contributed by atoms with van der Waals surface area (Å²) in [5.74, 6) is 0. The second-order valence-corrected chi connectivity index (χ2v) is 7.01. The van der Waals surface area contributed by atoms with Crippen molar-refractivity contribution in [1.29, 1.82) is 0 Å². The van der Waals surface area contributed by atoms with Gasteiger partial charge in [0.25, 0.3) is 0 Å². The lowest BCUT2D eigenvalue weighted by Crippen LogP contribution is -2.45. The van der Waals surface area contributed by atoms with Crippen LogP contribution in [0.25, 0.3) is 0 Å². The van der Waals surface area contributed by atoms with Crippen LogP contribution in [0.3, 0.4) is 0 Å². The maximum atomic E-state index is 6.25. The summed E-state index contributed by atoms with van der Waals surface area (Å²) in [5.41, 5.74) is 8.99. The molecule has 0 amide bonds. The molecule has 20 heavy (non-hydrogen) atoms. The van der Waals surface area contributed by atoms with Gasteiger partial charge in [0, 0.05) is 6.54 Å². The molecular weight excluding hydrogens is 246 g/mol. The summed E-state index contributed by atoms with van der Waals surface area (Å²) >= 11 is 0. The van der Waals surface area contributed by atoms with E-state index in [0.29, 0.717) is 18.6 Å². The number of hydrogen-bond donors (Lipinski definition) is 1. The van der Waals surface area contributed by atoms with Gasteiger partial charge < -0.3 is 10.5 Å². The number of benzene rings is 1. The summed E-state index contributed by atoms with van der Waals surface area (Å²) in [6.07, 6.45) is 5.67. The summed E-state index contributed by atoms with van der Waals surface area (Å²) in [6, 6.07) is 8.74. The molecule has 0 heterocycles. The zero-order valence-electron chi connectivity index (χ0n) is 13.2. The zero-order chi connectivity index (χ0) is 14.6. The van der Waals surface area contributed by atoms with E-state index in [2.05, 4.69) is 45.0 Å². The number of aryl methyl sites for hydroxylation is 1. The summed E-state index contributed by atoms with van der Waals surface area (Å²) in [7, 11) is 0. The maximum Gasteiger partial charge on any atom is 0.0809 e. The molecular formula is C18H29NO. The van der Waals surface area contributed by atoms with E-state index in [-0.39, 0.29) is 5.60 Å². The molecule has 1 aliphatic carbocycles. The highest BCUT2D eigenvalue weighted by Gasteiger charge is 2.38. The maximum absolute atomic E-state index is 6.25. The molecule has 2 heteroatoms. The van der Waals surface area contributed by atoms with Crippen LogP contribution in [0.2, 0.25) is 0 Å². The molecule has 0 saturated heterocycles. The molecule has 1 aliphatic rings. The van der Waals surface area contributed by atoms with Crippen LogP contribution in [0, 0.1) is 5.41 Å².